The zero-order valence-electron chi connectivity index (χ0n) is 10.0. The van der Waals surface area contributed by atoms with E-state index >= 15 is 0 Å². The fourth-order valence-electron chi connectivity index (χ4n) is 1.32. The Morgan fingerprint density at radius 3 is 2.56 bits per heavy atom. The molecule has 0 aliphatic carbocycles. The molecule has 3 N–H and O–H groups in total. The Morgan fingerprint density at radius 2 is 2.17 bits per heavy atom. The molecule has 0 aliphatic rings. The Balaban J connectivity index is 3.06. The first kappa shape index (κ1) is 15.1. The average Bonchev–Trinajstić information content (AvgIpc) is 2.69. The summed E-state index contributed by atoms with van der Waals surface area (Å²) >= 11 is 0.706. The lowest BCUT2D eigenvalue weighted by atomic mass is 10.3. The van der Waals surface area contributed by atoms with Crippen LogP contribution in [0.2, 0.25) is 0 Å². The quantitative estimate of drug-likeness (QED) is 0.720. The molecule has 1 rings (SSSR count). The smallest absolute Gasteiger partial charge is 0.346 e. The Hall–Kier alpha value is -0.960. The monoisotopic (exact) mass is 293 g/mol. The number of hydrogen-bond acceptors (Lipinski definition) is 5. The van der Waals surface area contributed by atoms with Crippen molar-refractivity contribution < 1.29 is 23.4 Å². The van der Waals surface area contributed by atoms with Gasteiger partial charge < -0.3 is 10.2 Å². The first-order valence-electron chi connectivity index (χ1n) is 5.28. The molecule has 1 atom stereocenters. The second kappa shape index (κ2) is 5.79. The second-order valence-electron chi connectivity index (χ2n) is 3.79. The number of thiophene rings is 1. The first-order chi connectivity index (χ1) is 8.31. The van der Waals surface area contributed by atoms with Crippen LogP contribution in [0.15, 0.2) is 10.3 Å². The lowest BCUT2D eigenvalue weighted by Gasteiger charge is -2.12. The summed E-state index contributed by atoms with van der Waals surface area (Å²) in [6.45, 7) is 2.99. The third-order valence-corrected chi connectivity index (χ3v) is 5.61. The van der Waals surface area contributed by atoms with Crippen LogP contribution in [0.25, 0.3) is 0 Å². The van der Waals surface area contributed by atoms with E-state index in [1.165, 1.54) is 6.07 Å². The van der Waals surface area contributed by atoms with Gasteiger partial charge in [0, 0.05) is 6.04 Å². The molecule has 18 heavy (non-hydrogen) atoms. The van der Waals surface area contributed by atoms with Gasteiger partial charge in [0.15, 0.2) is 0 Å². The molecule has 8 heteroatoms. The second-order valence-corrected chi connectivity index (χ2v) is 6.78. The zero-order valence-corrected chi connectivity index (χ0v) is 11.6. The number of aromatic carboxylic acids is 1. The van der Waals surface area contributed by atoms with Gasteiger partial charge in [-0.3, -0.25) is 0 Å². The Labute approximate surface area is 109 Å². The first-order valence-corrected chi connectivity index (χ1v) is 7.58. The summed E-state index contributed by atoms with van der Waals surface area (Å²) in [4.78, 5) is 10.9. The minimum Gasteiger partial charge on any atom is -0.477 e. The number of carbonyl (C=O) groups is 1. The molecule has 1 aromatic rings. The highest BCUT2D eigenvalue weighted by atomic mass is 32.2. The molecule has 1 aromatic heterocycles. The van der Waals surface area contributed by atoms with Crippen LogP contribution in [0.5, 0.6) is 0 Å². The van der Waals surface area contributed by atoms with Crippen LogP contribution in [0.3, 0.4) is 0 Å². The molecule has 0 saturated heterocycles. The van der Waals surface area contributed by atoms with Crippen molar-refractivity contribution in [1.29, 1.82) is 0 Å². The van der Waals surface area contributed by atoms with E-state index in [1.54, 1.807) is 13.8 Å². The highest BCUT2D eigenvalue weighted by Crippen LogP contribution is 2.26. The molecule has 0 radical (unpaired) electrons. The van der Waals surface area contributed by atoms with Gasteiger partial charge >= 0.3 is 5.97 Å². The number of hydrogen-bond donors (Lipinski definition) is 3. The van der Waals surface area contributed by atoms with Crippen LogP contribution < -0.4 is 4.72 Å². The third-order valence-electron chi connectivity index (χ3n) is 2.39. The fraction of sp³-hybridized carbons (Fsp3) is 0.500. The van der Waals surface area contributed by atoms with E-state index in [4.69, 9.17) is 10.2 Å². The van der Waals surface area contributed by atoms with Gasteiger partial charge in [0.25, 0.3) is 0 Å². The summed E-state index contributed by atoms with van der Waals surface area (Å²) in [5.41, 5.74) is 0.407. The number of carboxylic acids is 1. The van der Waals surface area contributed by atoms with Crippen molar-refractivity contribution in [2.24, 2.45) is 0 Å². The summed E-state index contributed by atoms with van der Waals surface area (Å²) in [7, 11) is -3.77. The number of rotatable bonds is 6. The van der Waals surface area contributed by atoms with Crippen molar-refractivity contribution in [3.8, 4) is 0 Å². The lowest BCUT2D eigenvalue weighted by Crippen LogP contribution is -2.36. The molecule has 0 spiro atoms. The third kappa shape index (κ3) is 3.29. The molecule has 0 aromatic carbocycles. The molecule has 102 valence electrons. The van der Waals surface area contributed by atoms with Crippen LogP contribution in [0.1, 0.15) is 28.6 Å². The zero-order chi connectivity index (χ0) is 13.9. The normalized spacial score (nSPS) is 13.5. The lowest BCUT2D eigenvalue weighted by molar-refractivity contribution is 0.0701. The number of sulfonamides is 1. The maximum absolute atomic E-state index is 11.9. The van der Waals surface area contributed by atoms with Crippen LogP contribution in [0.4, 0.5) is 0 Å². The van der Waals surface area contributed by atoms with E-state index < -0.39 is 22.0 Å². The Morgan fingerprint density at radius 1 is 1.56 bits per heavy atom. The summed E-state index contributed by atoms with van der Waals surface area (Å²) < 4.78 is 26.2. The van der Waals surface area contributed by atoms with Crippen LogP contribution in [-0.2, 0) is 10.0 Å². The highest BCUT2D eigenvalue weighted by Gasteiger charge is 2.23. The molecule has 0 saturated carbocycles. The number of carboxylic acid groups (broad SMARTS) is 1. The number of aryl methyl sites for hydroxylation is 1. The Kier molecular flexibility index (Phi) is 4.85. The van der Waals surface area contributed by atoms with Gasteiger partial charge in [-0.1, -0.05) is 6.92 Å². The van der Waals surface area contributed by atoms with E-state index in [-0.39, 0.29) is 15.7 Å². The number of aliphatic hydroxyl groups excluding tert-OH is 1. The van der Waals surface area contributed by atoms with Gasteiger partial charge in [0.1, 0.15) is 9.09 Å². The molecule has 6 nitrogen and oxygen atoms in total. The predicted molar refractivity (Wildman–Crippen MR) is 67.5 cm³/mol. The molecule has 0 unspecified atom stereocenters. The molecular weight excluding hydrogens is 278 g/mol. The van der Waals surface area contributed by atoms with Crippen molar-refractivity contribution in [2.45, 2.75) is 30.5 Å². The highest BCUT2D eigenvalue weighted by molar-refractivity contribution is 7.91. The van der Waals surface area contributed by atoms with Gasteiger partial charge in [-0.15, -0.1) is 11.3 Å². The van der Waals surface area contributed by atoms with Crippen molar-refractivity contribution >= 4 is 27.3 Å². The van der Waals surface area contributed by atoms with Crippen LogP contribution in [-0.4, -0.2) is 37.2 Å². The molecule has 1 heterocycles. The topological polar surface area (TPSA) is 104 Å². The predicted octanol–water partition coefficient (Wildman–Crippen LogP) is 0.804. The van der Waals surface area contributed by atoms with E-state index in [9.17, 15) is 13.2 Å². The average molecular weight is 293 g/mol. The SMILES string of the molecule is CC[C@@H](CO)NS(=O)(=O)c1cc(C)c(C(=O)O)s1. The van der Waals surface area contributed by atoms with Gasteiger partial charge in [-0.05, 0) is 25.0 Å². The molecule has 0 fully saturated rings. The molecular formula is C10H15NO5S2. The van der Waals surface area contributed by atoms with Crippen LogP contribution in [0, 0.1) is 6.92 Å². The van der Waals surface area contributed by atoms with E-state index in [2.05, 4.69) is 4.72 Å². The van der Waals surface area contributed by atoms with Gasteiger partial charge in [0.05, 0.1) is 6.61 Å². The van der Waals surface area contributed by atoms with Gasteiger partial charge in [-0.25, -0.2) is 17.9 Å². The number of aliphatic hydroxyl groups is 1. The van der Waals surface area contributed by atoms with Crippen molar-refractivity contribution in [3.63, 3.8) is 0 Å². The van der Waals surface area contributed by atoms with Gasteiger partial charge in [0.2, 0.25) is 10.0 Å². The van der Waals surface area contributed by atoms with Crippen molar-refractivity contribution in [1.82, 2.24) is 4.72 Å². The molecule has 0 bridgehead atoms. The maximum Gasteiger partial charge on any atom is 0.346 e. The standard InChI is InChI=1S/C10H15NO5S2/c1-3-7(5-12)11-18(15,16)8-4-6(2)9(17-8)10(13)14/h4,7,11-12H,3,5H2,1-2H3,(H,13,14)/t7-/m0/s1. The van der Waals surface area contributed by atoms with Crippen LogP contribution >= 0.6 is 11.3 Å². The fourth-order valence-corrected chi connectivity index (χ4v) is 4.03. The minimum atomic E-state index is -3.77. The largest absolute Gasteiger partial charge is 0.477 e. The molecule has 0 aliphatic heterocycles. The van der Waals surface area contributed by atoms with E-state index in [1.807, 2.05) is 0 Å². The summed E-state index contributed by atoms with van der Waals surface area (Å²) in [6, 6.07) is 0.756. The summed E-state index contributed by atoms with van der Waals surface area (Å²) in [5, 5.41) is 17.8. The van der Waals surface area contributed by atoms with Crippen molar-refractivity contribution in [2.75, 3.05) is 6.61 Å². The molecule has 0 amide bonds. The van der Waals surface area contributed by atoms with Crippen molar-refractivity contribution in [3.05, 3.63) is 16.5 Å². The minimum absolute atomic E-state index is 0.00687. The van der Waals surface area contributed by atoms with Gasteiger partial charge in [-0.2, -0.15) is 0 Å². The Bertz CT molecular complexity index is 530. The summed E-state index contributed by atoms with van der Waals surface area (Å²) in [6.07, 6.45) is 0.450. The maximum atomic E-state index is 11.9. The van der Waals surface area contributed by atoms with E-state index in [0.29, 0.717) is 23.3 Å². The van der Waals surface area contributed by atoms with E-state index in [0.717, 1.165) is 0 Å². The summed E-state index contributed by atoms with van der Waals surface area (Å²) in [5.74, 6) is -1.15. The number of nitrogens with one attached hydrogen (secondary N) is 1.